The molecule has 0 N–H and O–H groups in total. The summed E-state index contributed by atoms with van der Waals surface area (Å²) in [6, 6.07) is 13.4. The van der Waals surface area contributed by atoms with Gasteiger partial charge in [-0.3, -0.25) is 0 Å². The summed E-state index contributed by atoms with van der Waals surface area (Å²) in [6.07, 6.45) is 0. The molecule has 0 saturated carbocycles. The molecular formula is C18H18N2S3Sn. The molecule has 4 aromatic rings. The van der Waals surface area contributed by atoms with Gasteiger partial charge in [0.1, 0.15) is 0 Å². The van der Waals surface area contributed by atoms with Gasteiger partial charge >= 0.3 is 159 Å². The molecule has 0 atom stereocenters. The molecule has 1 aromatic carbocycles. The summed E-state index contributed by atoms with van der Waals surface area (Å²) in [4.78, 5) is 11.3. The summed E-state index contributed by atoms with van der Waals surface area (Å²) in [5, 5.41) is 0. The van der Waals surface area contributed by atoms with Crippen molar-refractivity contribution in [1.29, 1.82) is 0 Å². The fourth-order valence-corrected chi connectivity index (χ4v) is 10.5. The number of rotatable bonds is 3. The van der Waals surface area contributed by atoms with Crippen molar-refractivity contribution < 1.29 is 0 Å². The molecule has 0 aliphatic heterocycles. The van der Waals surface area contributed by atoms with Crippen molar-refractivity contribution in [3.8, 4) is 20.9 Å². The van der Waals surface area contributed by atoms with Crippen molar-refractivity contribution in [2.24, 2.45) is 0 Å². The van der Waals surface area contributed by atoms with Crippen LogP contribution in [0.15, 0.2) is 36.4 Å². The molecule has 0 aliphatic rings. The van der Waals surface area contributed by atoms with Gasteiger partial charge in [-0.2, -0.15) is 0 Å². The van der Waals surface area contributed by atoms with Crippen molar-refractivity contribution >= 4 is 66.7 Å². The van der Waals surface area contributed by atoms with E-state index in [4.69, 9.17) is 0 Å². The van der Waals surface area contributed by atoms with Crippen LogP contribution in [0.25, 0.3) is 31.9 Å². The average molecular weight is 477 g/mol. The minimum absolute atomic E-state index is 1.04. The van der Waals surface area contributed by atoms with Crippen LogP contribution in [0.3, 0.4) is 0 Å². The van der Waals surface area contributed by atoms with Gasteiger partial charge in [0.2, 0.25) is 0 Å². The Kier molecular flexibility index (Phi) is 4.31. The number of fused-ring (bicyclic) bond motifs is 1. The Labute approximate surface area is 158 Å². The molecule has 6 heteroatoms. The molecule has 0 amide bonds. The Morgan fingerprint density at radius 1 is 0.750 bits per heavy atom. The first-order chi connectivity index (χ1) is 11.4. The Balaban J connectivity index is 1.87. The van der Waals surface area contributed by atoms with E-state index in [-0.39, 0.29) is 0 Å². The van der Waals surface area contributed by atoms with E-state index in [0.717, 1.165) is 11.0 Å². The van der Waals surface area contributed by atoms with Crippen LogP contribution in [0.5, 0.6) is 0 Å². The van der Waals surface area contributed by atoms with Gasteiger partial charge in [0, 0.05) is 0 Å². The van der Waals surface area contributed by atoms with E-state index in [2.05, 4.69) is 66.9 Å². The molecule has 0 aliphatic carbocycles. The molecule has 0 saturated heterocycles. The van der Waals surface area contributed by atoms with Crippen molar-refractivity contribution in [2.75, 3.05) is 0 Å². The fraction of sp³-hybridized carbons (Fsp3) is 0.222. The van der Waals surface area contributed by atoms with Crippen LogP contribution in [0.1, 0.15) is 4.88 Å². The second kappa shape index (κ2) is 6.20. The van der Waals surface area contributed by atoms with Gasteiger partial charge in [0.25, 0.3) is 0 Å². The van der Waals surface area contributed by atoms with E-state index < -0.39 is 18.4 Å². The van der Waals surface area contributed by atoms with E-state index in [0.29, 0.717) is 0 Å². The summed E-state index contributed by atoms with van der Waals surface area (Å²) in [6.45, 7) is 2.14. The summed E-state index contributed by atoms with van der Waals surface area (Å²) in [5.41, 5.74) is 4.50. The molecule has 3 aromatic heterocycles. The van der Waals surface area contributed by atoms with Gasteiger partial charge in [-0.1, -0.05) is 0 Å². The number of aryl methyl sites for hydroxylation is 1. The van der Waals surface area contributed by atoms with E-state index in [1.54, 1.807) is 2.89 Å². The van der Waals surface area contributed by atoms with E-state index >= 15 is 0 Å². The topological polar surface area (TPSA) is 25.8 Å². The van der Waals surface area contributed by atoms with Crippen molar-refractivity contribution in [3.63, 3.8) is 0 Å². The van der Waals surface area contributed by atoms with Crippen LogP contribution in [-0.2, 0) is 0 Å². The van der Waals surface area contributed by atoms with Gasteiger partial charge in [-0.25, -0.2) is 0 Å². The van der Waals surface area contributed by atoms with Crippen molar-refractivity contribution in [1.82, 2.24) is 8.75 Å². The maximum absolute atomic E-state index is 4.62. The van der Waals surface area contributed by atoms with Gasteiger partial charge < -0.3 is 0 Å². The second-order valence-electron chi connectivity index (χ2n) is 6.95. The molecule has 0 fully saturated rings. The Hall–Kier alpha value is -0.761. The predicted molar refractivity (Wildman–Crippen MR) is 112 cm³/mol. The first-order valence-corrected chi connectivity index (χ1v) is 20.2. The molecule has 2 nitrogen and oxygen atoms in total. The quantitative estimate of drug-likeness (QED) is 0.339. The molecule has 24 heavy (non-hydrogen) atoms. The summed E-state index contributed by atoms with van der Waals surface area (Å²) < 4.78 is 10.8. The molecule has 4 rings (SSSR count). The van der Waals surface area contributed by atoms with Crippen LogP contribution in [0.2, 0.25) is 14.8 Å². The average Bonchev–Trinajstić information content (AvgIpc) is 3.25. The predicted octanol–water partition coefficient (Wildman–Crippen LogP) is 6.00. The van der Waals surface area contributed by atoms with Crippen LogP contribution in [0.4, 0.5) is 0 Å². The number of benzene rings is 1. The van der Waals surface area contributed by atoms with Crippen LogP contribution in [0, 0.1) is 6.92 Å². The first-order valence-electron chi connectivity index (χ1n) is 7.86. The molecule has 0 radical (unpaired) electrons. The molecule has 0 spiro atoms. The number of aromatic nitrogens is 2. The van der Waals surface area contributed by atoms with Gasteiger partial charge in [-0.15, -0.1) is 0 Å². The first kappa shape index (κ1) is 16.7. The number of hydrogen-bond acceptors (Lipinski definition) is 5. The maximum atomic E-state index is 4.62. The number of hydrogen-bond donors (Lipinski definition) is 0. The van der Waals surface area contributed by atoms with Gasteiger partial charge in [0.05, 0.1) is 0 Å². The standard InChI is InChI=1S/C15H9N2S3.3CH3.Sn/c1-9-4-7-13(19-9)11-6-5-10(12-3-2-8-18-12)14-15(11)17-20-16-14;;;;/h2-7H,1H3;3*1H3;. The SMILES string of the molecule is Cc1ccc(-c2ccc(-c3cc[c]([Sn]([CH3])([CH3])[CH3])s3)c3nsnc23)s1. The molecule has 3 heterocycles. The molecular weight excluding hydrogens is 459 g/mol. The Morgan fingerprint density at radius 3 is 1.83 bits per heavy atom. The van der Waals surface area contributed by atoms with E-state index in [1.807, 2.05) is 22.7 Å². The number of nitrogens with zero attached hydrogens (tertiary/aromatic N) is 2. The summed E-state index contributed by atoms with van der Waals surface area (Å²) >= 11 is 3.07. The van der Waals surface area contributed by atoms with Crippen molar-refractivity contribution in [3.05, 3.63) is 41.3 Å². The van der Waals surface area contributed by atoms with Crippen LogP contribution in [-0.4, -0.2) is 27.1 Å². The van der Waals surface area contributed by atoms with Crippen LogP contribution < -0.4 is 2.89 Å². The van der Waals surface area contributed by atoms with E-state index in [9.17, 15) is 0 Å². The van der Waals surface area contributed by atoms with Gasteiger partial charge in [0.15, 0.2) is 0 Å². The molecule has 0 bridgehead atoms. The minimum atomic E-state index is -2.01. The number of thiophene rings is 2. The third-order valence-corrected chi connectivity index (χ3v) is 16.2. The summed E-state index contributed by atoms with van der Waals surface area (Å²) in [5.74, 6) is 0. The zero-order valence-electron chi connectivity index (χ0n) is 14.1. The molecule has 122 valence electrons. The molecule has 0 unspecified atom stereocenters. The fourth-order valence-electron chi connectivity index (χ4n) is 2.73. The van der Waals surface area contributed by atoms with Gasteiger partial charge in [-0.05, 0) is 0 Å². The third kappa shape index (κ3) is 2.96. The third-order valence-electron chi connectivity index (χ3n) is 4.03. The van der Waals surface area contributed by atoms with E-state index in [1.165, 1.54) is 37.5 Å². The monoisotopic (exact) mass is 478 g/mol. The Morgan fingerprint density at radius 2 is 1.33 bits per heavy atom. The summed E-state index contributed by atoms with van der Waals surface area (Å²) in [7, 11) is 0. The normalized spacial score (nSPS) is 12.2. The van der Waals surface area contributed by atoms with Crippen LogP contribution >= 0.6 is 34.4 Å². The zero-order valence-corrected chi connectivity index (χ0v) is 19.4. The zero-order chi connectivity index (χ0) is 16.9. The van der Waals surface area contributed by atoms with Crippen molar-refractivity contribution in [2.45, 2.75) is 21.7 Å². The second-order valence-corrected chi connectivity index (χ2v) is 25.3. The Bertz CT molecular complexity index is 1020.